The summed E-state index contributed by atoms with van der Waals surface area (Å²) in [7, 11) is 0. The fraction of sp³-hybridized carbons (Fsp3) is 0.773. The summed E-state index contributed by atoms with van der Waals surface area (Å²) in [4.78, 5) is 34.5. The molecule has 0 aromatic carbocycles. The summed E-state index contributed by atoms with van der Waals surface area (Å²) in [6.07, 6.45) is 12.2. The molecule has 0 unspecified atom stereocenters. The van der Waals surface area contributed by atoms with Crippen molar-refractivity contribution in [2.24, 2.45) is 11.8 Å². The number of aliphatic carboxylic acids is 1. The zero-order chi connectivity index (χ0) is 21.1. The van der Waals surface area contributed by atoms with E-state index in [4.69, 9.17) is 9.84 Å². The first-order valence-corrected chi connectivity index (χ1v) is 11.1. The quantitative estimate of drug-likeness (QED) is 0.233. The summed E-state index contributed by atoms with van der Waals surface area (Å²) in [5.41, 5.74) is 0. The SMILES string of the molecule is CCCCCNC(=O)CC(=O)NC[C@@H]1[C@@H](CC=CCCCC(=O)O)[C@H]2CC[C@H]1O2. The average molecular weight is 409 g/mol. The highest BCUT2D eigenvalue weighted by Gasteiger charge is 2.47. The van der Waals surface area contributed by atoms with Gasteiger partial charge in [0.15, 0.2) is 0 Å². The Bertz CT molecular complexity index is 578. The Kier molecular flexibility index (Phi) is 10.2. The van der Waals surface area contributed by atoms with Crippen LogP contribution >= 0.6 is 0 Å². The van der Waals surface area contributed by atoms with E-state index in [0.29, 0.717) is 25.4 Å². The monoisotopic (exact) mass is 408 g/mol. The molecule has 2 fully saturated rings. The van der Waals surface area contributed by atoms with Crippen LogP contribution in [0.3, 0.4) is 0 Å². The molecule has 0 saturated carbocycles. The third kappa shape index (κ3) is 8.17. The molecular weight excluding hydrogens is 372 g/mol. The number of allylic oxidation sites excluding steroid dienone is 2. The van der Waals surface area contributed by atoms with E-state index in [9.17, 15) is 14.4 Å². The van der Waals surface area contributed by atoms with Gasteiger partial charge in [0, 0.05) is 25.4 Å². The maximum atomic E-state index is 12.1. The minimum atomic E-state index is -0.759. The number of unbranched alkanes of at least 4 members (excludes halogenated alkanes) is 3. The van der Waals surface area contributed by atoms with Gasteiger partial charge in [-0.15, -0.1) is 0 Å². The van der Waals surface area contributed by atoms with E-state index in [1.807, 2.05) is 6.08 Å². The first-order valence-electron chi connectivity index (χ1n) is 11.1. The van der Waals surface area contributed by atoms with Gasteiger partial charge < -0.3 is 20.5 Å². The van der Waals surface area contributed by atoms with Crippen LogP contribution in [0.2, 0.25) is 0 Å². The van der Waals surface area contributed by atoms with Gasteiger partial charge in [-0.05, 0) is 44.4 Å². The standard InChI is InChI=1S/C22H36N2O5/c1-2-3-8-13-23-20(25)14-21(26)24-15-17-16(18-11-12-19(17)29-18)9-6-4-5-7-10-22(27)28/h4,6,16-19H,2-3,5,7-15H2,1H3,(H,23,25)(H,24,26)(H,27,28)/t16-,17-,18-,19-/m1/s1. The normalized spacial score (nSPS) is 25.4. The highest BCUT2D eigenvalue weighted by atomic mass is 16.5. The lowest BCUT2D eigenvalue weighted by atomic mass is 9.77. The predicted octanol–water partition coefficient (Wildman–Crippen LogP) is 2.79. The van der Waals surface area contributed by atoms with Gasteiger partial charge in [-0.2, -0.15) is 0 Å². The Morgan fingerprint density at radius 3 is 2.45 bits per heavy atom. The second kappa shape index (κ2) is 12.6. The van der Waals surface area contributed by atoms with Gasteiger partial charge >= 0.3 is 5.97 Å². The lowest BCUT2D eigenvalue weighted by Gasteiger charge is -2.27. The molecule has 2 bridgehead atoms. The van der Waals surface area contributed by atoms with Crippen molar-refractivity contribution in [3.8, 4) is 0 Å². The van der Waals surface area contributed by atoms with Crippen LogP contribution in [0.5, 0.6) is 0 Å². The maximum Gasteiger partial charge on any atom is 0.303 e. The van der Waals surface area contributed by atoms with Gasteiger partial charge in [-0.25, -0.2) is 0 Å². The van der Waals surface area contributed by atoms with Crippen LogP contribution in [0.15, 0.2) is 12.2 Å². The predicted molar refractivity (Wildman–Crippen MR) is 110 cm³/mol. The molecule has 4 atom stereocenters. The molecule has 0 aromatic rings. The molecule has 2 amide bonds. The molecule has 7 nitrogen and oxygen atoms in total. The van der Waals surface area contributed by atoms with E-state index >= 15 is 0 Å². The molecule has 3 N–H and O–H groups in total. The second-order valence-corrected chi connectivity index (χ2v) is 8.15. The van der Waals surface area contributed by atoms with E-state index in [1.165, 1.54) is 0 Å². The number of amides is 2. The van der Waals surface area contributed by atoms with Gasteiger partial charge in [0.2, 0.25) is 11.8 Å². The zero-order valence-corrected chi connectivity index (χ0v) is 17.5. The van der Waals surface area contributed by atoms with Crippen LogP contribution in [-0.4, -0.2) is 48.2 Å². The molecular formula is C22H36N2O5. The van der Waals surface area contributed by atoms with Gasteiger partial charge in [0.25, 0.3) is 0 Å². The molecule has 2 aliphatic heterocycles. The van der Waals surface area contributed by atoms with Gasteiger partial charge in [0.05, 0.1) is 12.2 Å². The van der Waals surface area contributed by atoms with Crippen molar-refractivity contribution in [3.05, 3.63) is 12.2 Å². The van der Waals surface area contributed by atoms with E-state index < -0.39 is 5.97 Å². The van der Waals surface area contributed by atoms with Crippen molar-refractivity contribution in [3.63, 3.8) is 0 Å². The number of hydrogen-bond donors (Lipinski definition) is 3. The Labute approximate surface area is 173 Å². The largest absolute Gasteiger partial charge is 0.481 e. The van der Waals surface area contributed by atoms with Crippen LogP contribution in [0.1, 0.15) is 71.1 Å². The van der Waals surface area contributed by atoms with E-state index in [1.54, 1.807) is 0 Å². The lowest BCUT2D eigenvalue weighted by Crippen LogP contribution is -2.39. The van der Waals surface area contributed by atoms with E-state index in [-0.39, 0.29) is 42.8 Å². The number of carbonyl (C=O) groups is 3. The Balaban J connectivity index is 1.69. The maximum absolute atomic E-state index is 12.1. The van der Waals surface area contributed by atoms with Crippen molar-refractivity contribution in [2.75, 3.05) is 13.1 Å². The van der Waals surface area contributed by atoms with Crippen LogP contribution in [0.25, 0.3) is 0 Å². The van der Waals surface area contributed by atoms with Crippen molar-refractivity contribution in [1.29, 1.82) is 0 Å². The molecule has 7 heteroatoms. The summed E-state index contributed by atoms with van der Waals surface area (Å²) in [5, 5.41) is 14.4. The summed E-state index contributed by atoms with van der Waals surface area (Å²) in [5.74, 6) is -0.570. The van der Waals surface area contributed by atoms with Crippen molar-refractivity contribution >= 4 is 17.8 Å². The topological polar surface area (TPSA) is 105 Å². The number of carboxylic acid groups (broad SMARTS) is 1. The Morgan fingerprint density at radius 2 is 1.72 bits per heavy atom. The molecule has 0 aromatic heterocycles. The van der Waals surface area contributed by atoms with E-state index in [2.05, 4.69) is 23.6 Å². The van der Waals surface area contributed by atoms with Gasteiger partial charge in [0.1, 0.15) is 6.42 Å². The number of fused-ring (bicyclic) bond motifs is 2. The van der Waals surface area contributed by atoms with Gasteiger partial charge in [-0.3, -0.25) is 14.4 Å². The lowest BCUT2D eigenvalue weighted by molar-refractivity contribution is -0.137. The number of carbonyl (C=O) groups excluding carboxylic acids is 2. The number of ether oxygens (including phenoxy) is 1. The summed E-state index contributed by atoms with van der Waals surface area (Å²) in [6, 6.07) is 0. The fourth-order valence-corrected chi connectivity index (χ4v) is 4.33. The third-order valence-electron chi connectivity index (χ3n) is 5.89. The molecule has 0 aliphatic carbocycles. The fourth-order valence-electron chi connectivity index (χ4n) is 4.33. The molecule has 2 saturated heterocycles. The number of carboxylic acids is 1. The van der Waals surface area contributed by atoms with Crippen LogP contribution in [0.4, 0.5) is 0 Å². The van der Waals surface area contributed by atoms with Crippen molar-refractivity contribution in [2.45, 2.75) is 83.3 Å². The van der Waals surface area contributed by atoms with E-state index in [0.717, 1.165) is 44.9 Å². The average Bonchev–Trinajstić information content (AvgIpc) is 3.28. The minimum absolute atomic E-state index is 0.123. The number of nitrogens with one attached hydrogen (secondary N) is 2. The second-order valence-electron chi connectivity index (χ2n) is 8.15. The number of rotatable bonds is 14. The van der Waals surface area contributed by atoms with Crippen molar-refractivity contribution in [1.82, 2.24) is 10.6 Å². The molecule has 2 aliphatic rings. The molecule has 2 rings (SSSR count). The molecule has 29 heavy (non-hydrogen) atoms. The van der Waals surface area contributed by atoms with Crippen LogP contribution in [-0.2, 0) is 19.1 Å². The third-order valence-corrected chi connectivity index (χ3v) is 5.89. The van der Waals surface area contributed by atoms with Crippen LogP contribution in [0, 0.1) is 11.8 Å². The summed E-state index contributed by atoms with van der Waals surface area (Å²) in [6.45, 7) is 3.28. The Hall–Kier alpha value is -1.89. The first kappa shape index (κ1) is 23.4. The molecule has 2 heterocycles. The summed E-state index contributed by atoms with van der Waals surface area (Å²) >= 11 is 0. The van der Waals surface area contributed by atoms with Gasteiger partial charge in [-0.1, -0.05) is 31.9 Å². The van der Waals surface area contributed by atoms with Crippen molar-refractivity contribution < 1.29 is 24.2 Å². The number of hydrogen-bond acceptors (Lipinski definition) is 4. The molecule has 0 spiro atoms. The summed E-state index contributed by atoms with van der Waals surface area (Å²) < 4.78 is 6.05. The highest BCUT2D eigenvalue weighted by molar-refractivity contribution is 5.96. The highest BCUT2D eigenvalue weighted by Crippen LogP contribution is 2.44. The molecule has 164 valence electrons. The zero-order valence-electron chi connectivity index (χ0n) is 17.5. The molecule has 0 radical (unpaired) electrons. The smallest absolute Gasteiger partial charge is 0.303 e. The first-order chi connectivity index (χ1) is 14.0. The Morgan fingerprint density at radius 1 is 1.00 bits per heavy atom. The minimum Gasteiger partial charge on any atom is -0.481 e. The van der Waals surface area contributed by atoms with Crippen LogP contribution < -0.4 is 10.6 Å².